The van der Waals surface area contributed by atoms with Crippen molar-refractivity contribution in [2.24, 2.45) is 0 Å². The van der Waals surface area contributed by atoms with Gasteiger partial charge in [-0.3, -0.25) is 10.1 Å². The Bertz CT molecular complexity index is 758. The zero-order valence-electron chi connectivity index (χ0n) is 14.4. The van der Waals surface area contributed by atoms with E-state index < -0.39 is 0 Å². The number of benzene rings is 1. The molecule has 0 radical (unpaired) electrons. The van der Waals surface area contributed by atoms with Crippen LogP contribution in [0.5, 0.6) is 11.5 Å². The van der Waals surface area contributed by atoms with Gasteiger partial charge in [-0.15, -0.1) is 5.10 Å². The summed E-state index contributed by atoms with van der Waals surface area (Å²) in [6, 6.07) is 4.71. The molecule has 2 rings (SSSR count). The molecular weight excluding hydrogens is 328 g/mol. The van der Waals surface area contributed by atoms with Crippen molar-refractivity contribution in [3.63, 3.8) is 0 Å². The number of anilines is 2. The Labute approximate surface area is 144 Å². The van der Waals surface area contributed by atoms with Gasteiger partial charge in [-0.25, -0.2) is 9.48 Å². The fraction of sp³-hybridized carbons (Fsp3) is 0.333. The maximum Gasteiger partial charge on any atom is 0.322 e. The van der Waals surface area contributed by atoms with Crippen molar-refractivity contribution >= 4 is 23.4 Å². The number of ether oxygens (including phenoxy) is 2. The first kappa shape index (κ1) is 18.0. The van der Waals surface area contributed by atoms with Gasteiger partial charge in [-0.1, -0.05) is 5.21 Å². The Balaban J connectivity index is 1.96. The lowest BCUT2D eigenvalue weighted by Gasteiger charge is -2.10. The summed E-state index contributed by atoms with van der Waals surface area (Å²) in [6.45, 7) is -0.0564. The van der Waals surface area contributed by atoms with E-state index in [2.05, 4.69) is 20.9 Å². The molecule has 0 spiro atoms. The summed E-state index contributed by atoms with van der Waals surface area (Å²) in [5.74, 6) is 1.04. The Morgan fingerprint density at radius 3 is 2.52 bits per heavy atom. The maximum absolute atomic E-state index is 12.1. The zero-order valence-corrected chi connectivity index (χ0v) is 14.4. The molecule has 25 heavy (non-hydrogen) atoms. The van der Waals surface area contributed by atoms with Gasteiger partial charge in [0.05, 0.1) is 20.4 Å². The van der Waals surface area contributed by atoms with Crippen molar-refractivity contribution in [2.45, 2.75) is 6.54 Å². The first-order chi connectivity index (χ1) is 11.9. The molecule has 10 heteroatoms. The minimum atomic E-state index is -0.332. The largest absolute Gasteiger partial charge is 0.493 e. The van der Waals surface area contributed by atoms with Crippen molar-refractivity contribution in [2.75, 3.05) is 38.9 Å². The summed E-state index contributed by atoms with van der Waals surface area (Å²) < 4.78 is 11.7. The fourth-order valence-electron chi connectivity index (χ4n) is 1.92. The van der Waals surface area contributed by atoms with Crippen LogP contribution in [-0.4, -0.2) is 60.1 Å². The van der Waals surface area contributed by atoms with Gasteiger partial charge in [0.15, 0.2) is 17.3 Å². The Morgan fingerprint density at radius 2 is 1.88 bits per heavy atom. The van der Waals surface area contributed by atoms with Crippen LogP contribution in [0.4, 0.5) is 16.3 Å². The predicted octanol–water partition coefficient (Wildman–Crippen LogP) is 1.03. The normalized spacial score (nSPS) is 10.1. The van der Waals surface area contributed by atoms with Crippen LogP contribution in [0.1, 0.15) is 0 Å². The molecule has 0 aliphatic heterocycles. The SMILES string of the molecule is COc1ccc(NC(=O)Cn2cc(NC(=O)N(C)C)nn2)cc1OC. The average molecular weight is 348 g/mol. The smallest absolute Gasteiger partial charge is 0.322 e. The number of aromatic nitrogens is 3. The quantitative estimate of drug-likeness (QED) is 0.807. The second-order valence-electron chi connectivity index (χ2n) is 5.24. The van der Waals surface area contributed by atoms with E-state index in [9.17, 15) is 9.59 Å². The van der Waals surface area contributed by atoms with Crippen molar-refractivity contribution in [3.05, 3.63) is 24.4 Å². The van der Waals surface area contributed by atoms with E-state index in [1.807, 2.05) is 0 Å². The first-order valence-corrected chi connectivity index (χ1v) is 7.33. The van der Waals surface area contributed by atoms with Crippen LogP contribution < -0.4 is 20.1 Å². The molecule has 10 nitrogen and oxygen atoms in total. The van der Waals surface area contributed by atoms with Gasteiger partial charge in [0.2, 0.25) is 5.91 Å². The molecule has 2 aromatic rings. The highest BCUT2D eigenvalue weighted by Gasteiger charge is 2.11. The highest BCUT2D eigenvalue weighted by atomic mass is 16.5. The van der Waals surface area contributed by atoms with Gasteiger partial charge >= 0.3 is 6.03 Å². The molecule has 1 aromatic heterocycles. The summed E-state index contributed by atoms with van der Waals surface area (Å²) in [5, 5.41) is 12.9. The van der Waals surface area contributed by atoms with Crippen LogP contribution in [0, 0.1) is 0 Å². The topological polar surface area (TPSA) is 111 Å². The molecule has 0 aliphatic carbocycles. The molecule has 0 saturated heterocycles. The number of carbonyl (C=O) groups is 2. The van der Waals surface area contributed by atoms with Gasteiger partial charge in [0, 0.05) is 25.8 Å². The Hall–Kier alpha value is -3.30. The molecular formula is C15H20N6O4. The monoisotopic (exact) mass is 348 g/mol. The van der Waals surface area contributed by atoms with Gasteiger partial charge in [-0.2, -0.15) is 0 Å². The molecule has 1 heterocycles. The number of hydrogen-bond donors (Lipinski definition) is 2. The number of nitrogens with one attached hydrogen (secondary N) is 2. The van der Waals surface area contributed by atoms with Crippen molar-refractivity contribution < 1.29 is 19.1 Å². The molecule has 0 atom stereocenters. The second kappa shape index (κ2) is 7.99. The van der Waals surface area contributed by atoms with Crippen LogP contribution in [0.3, 0.4) is 0 Å². The van der Waals surface area contributed by atoms with Crippen LogP contribution in [0.15, 0.2) is 24.4 Å². The molecule has 0 bridgehead atoms. The van der Waals surface area contributed by atoms with Gasteiger partial charge in [0.1, 0.15) is 6.54 Å². The van der Waals surface area contributed by atoms with Crippen LogP contribution in [0.25, 0.3) is 0 Å². The summed E-state index contributed by atoms with van der Waals surface area (Å²) in [4.78, 5) is 25.0. The number of hydrogen-bond acceptors (Lipinski definition) is 6. The third-order valence-corrected chi connectivity index (χ3v) is 3.15. The Kier molecular flexibility index (Phi) is 5.77. The van der Waals surface area contributed by atoms with E-state index in [0.29, 0.717) is 17.2 Å². The maximum atomic E-state index is 12.1. The average Bonchev–Trinajstić information content (AvgIpc) is 3.01. The minimum absolute atomic E-state index is 0.0564. The van der Waals surface area contributed by atoms with Crippen molar-refractivity contribution in [3.8, 4) is 11.5 Å². The van der Waals surface area contributed by atoms with Gasteiger partial charge < -0.3 is 19.7 Å². The van der Waals surface area contributed by atoms with Gasteiger partial charge in [-0.05, 0) is 12.1 Å². The number of carbonyl (C=O) groups excluding carboxylic acids is 2. The molecule has 0 saturated carbocycles. The van der Waals surface area contributed by atoms with E-state index >= 15 is 0 Å². The highest BCUT2D eigenvalue weighted by Crippen LogP contribution is 2.29. The molecule has 3 amide bonds. The number of rotatable bonds is 6. The van der Waals surface area contributed by atoms with Gasteiger partial charge in [0.25, 0.3) is 0 Å². The molecule has 0 unspecified atom stereocenters. The molecule has 1 aromatic carbocycles. The zero-order chi connectivity index (χ0) is 18.4. The lowest BCUT2D eigenvalue weighted by molar-refractivity contribution is -0.116. The van der Waals surface area contributed by atoms with E-state index in [-0.39, 0.29) is 24.3 Å². The molecule has 0 aliphatic rings. The standard InChI is InChI=1S/C15H20N6O4/c1-20(2)15(23)17-13-8-21(19-18-13)9-14(22)16-10-5-6-11(24-3)12(7-10)25-4/h5-8H,9H2,1-4H3,(H,16,22)(H,17,23). The second-order valence-corrected chi connectivity index (χ2v) is 5.24. The van der Waals surface area contributed by atoms with Crippen LogP contribution in [-0.2, 0) is 11.3 Å². The minimum Gasteiger partial charge on any atom is -0.493 e. The van der Waals surface area contributed by atoms with Crippen LogP contribution >= 0.6 is 0 Å². The summed E-state index contributed by atoms with van der Waals surface area (Å²) in [6.07, 6.45) is 1.47. The summed E-state index contributed by atoms with van der Waals surface area (Å²) in [5.41, 5.74) is 0.559. The lowest BCUT2D eigenvalue weighted by Crippen LogP contribution is -2.27. The summed E-state index contributed by atoms with van der Waals surface area (Å²) >= 11 is 0. The van der Waals surface area contributed by atoms with E-state index in [4.69, 9.17) is 9.47 Å². The molecule has 0 fully saturated rings. The molecule has 2 N–H and O–H groups in total. The summed E-state index contributed by atoms with van der Waals surface area (Å²) in [7, 11) is 6.27. The Morgan fingerprint density at radius 1 is 1.16 bits per heavy atom. The number of methoxy groups -OCH3 is 2. The lowest BCUT2D eigenvalue weighted by atomic mass is 10.2. The van der Waals surface area contributed by atoms with E-state index in [1.54, 1.807) is 32.3 Å². The third-order valence-electron chi connectivity index (χ3n) is 3.15. The first-order valence-electron chi connectivity index (χ1n) is 7.33. The van der Waals surface area contributed by atoms with Crippen molar-refractivity contribution in [1.82, 2.24) is 19.9 Å². The fourth-order valence-corrected chi connectivity index (χ4v) is 1.92. The third kappa shape index (κ3) is 4.83. The highest BCUT2D eigenvalue weighted by molar-refractivity contribution is 5.91. The van der Waals surface area contributed by atoms with Crippen LogP contribution in [0.2, 0.25) is 0 Å². The van der Waals surface area contributed by atoms with E-state index in [1.165, 1.54) is 30.0 Å². The number of amides is 3. The van der Waals surface area contributed by atoms with Crippen molar-refractivity contribution in [1.29, 1.82) is 0 Å². The molecule has 134 valence electrons. The number of nitrogens with zero attached hydrogens (tertiary/aromatic N) is 4. The number of urea groups is 1. The van der Waals surface area contributed by atoms with E-state index in [0.717, 1.165) is 0 Å². The predicted molar refractivity (Wildman–Crippen MR) is 90.9 cm³/mol.